The molecule has 2 N–H and O–H groups in total. The minimum Gasteiger partial charge on any atom is -0.437 e. The number of rotatable bonds is 3. The number of nitrogens with two attached hydrogens (primary N) is 1. The van der Waals surface area contributed by atoms with Crippen LogP contribution in [0.2, 0.25) is 10.0 Å². The summed E-state index contributed by atoms with van der Waals surface area (Å²) in [5.74, 6) is 1.09. The Morgan fingerprint density at radius 1 is 1.16 bits per heavy atom. The van der Waals surface area contributed by atoms with Gasteiger partial charge in [-0.25, -0.2) is 4.98 Å². The summed E-state index contributed by atoms with van der Waals surface area (Å²) in [6.07, 6.45) is 1.65. The van der Waals surface area contributed by atoms with Crippen molar-refractivity contribution >= 4 is 23.2 Å². The van der Waals surface area contributed by atoms with Gasteiger partial charge in [0.2, 0.25) is 5.88 Å². The van der Waals surface area contributed by atoms with E-state index in [4.69, 9.17) is 33.7 Å². The van der Waals surface area contributed by atoms with Crippen molar-refractivity contribution in [1.29, 1.82) is 0 Å². The molecule has 2 rings (SSSR count). The lowest BCUT2D eigenvalue weighted by atomic mass is 10.1. The second kappa shape index (κ2) is 5.78. The topological polar surface area (TPSA) is 48.1 Å². The van der Waals surface area contributed by atoms with E-state index in [-0.39, 0.29) is 0 Å². The molecular weight excluding hydrogens is 283 g/mol. The lowest BCUT2D eigenvalue weighted by Gasteiger charge is -2.12. The highest BCUT2D eigenvalue weighted by Crippen LogP contribution is 2.33. The standard InChI is InChI=1S/C14H14Cl2N2O/c1-8-3-11(15)4-9(2)13(8)19-14-12(16)5-10(6-17)7-18-14/h3-5,7H,6,17H2,1-2H3. The van der Waals surface area contributed by atoms with Crippen molar-refractivity contribution in [2.75, 3.05) is 0 Å². The van der Waals surface area contributed by atoms with E-state index in [9.17, 15) is 0 Å². The maximum atomic E-state index is 6.12. The van der Waals surface area contributed by atoms with Gasteiger partial charge in [-0.15, -0.1) is 0 Å². The van der Waals surface area contributed by atoms with E-state index >= 15 is 0 Å². The van der Waals surface area contributed by atoms with Gasteiger partial charge in [0.15, 0.2) is 0 Å². The van der Waals surface area contributed by atoms with Crippen LogP contribution in [-0.2, 0) is 6.54 Å². The molecule has 100 valence electrons. The minimum atomic E-state index is 0.368. The molecule has 0 fully saturated rings. The zero-order valence-corrected chi connectivity index (χ0v) is 12.2. The zero-order valence-electron chi connectivity index (χ0n) is 10.7. The summed E-state index contributed by atoms with van der Waals surface area (Å²) in [6.45, 7) is 4.25. The van der Waals surface area contributed by atoms with Crippen molar-refractivity contribution in [3.8, 4) is 11.6 Å². The van der Waals surface area contributed by atoms with Crippen LogP contribution in [0.4, 0.5) is 0 Å². The number of hydrogen-bond donors (Lipinski definition) is 1. The van der Waals surface area contributed by atoms with Crippen molar-refractivity contribution in [3.63, 3.8) is 0 Å². The normalized spacial score (nSPS) is 10.6. The molecule has 5 heteroatoms. The lowest BCUT2D eigenvalue weighted by molar-refractivity contribution is 0.456. The molecule has 0 aliphatic rings. The molecule has 2 aromatic rings. The molecule has 1 heterocycles. The van der Waals surface area contributed by atoms with Crippen molar-refractivity contribution < 1.29 is 4.74 Å². The molecule has 1 aromatic carbocycles. The molecule has 0 bridgehead atoms. The van der Waals surface area contributed by atoms with E-state index in [1.54, 1.807) is 12.3 Å². The van der Waals surface area contributed by atoms with Crippen molar-refractivity contribution in [2.24, 2.45) is 5.73 Å². The lowest BCUT2D eigenvalue weighted by Crippen LogP contribution is -1.99. The number of halogens is 2. The fourth-order valence-corrected chi connectivity index (χ4v) is 2.36. The predicted molar refractivity (Wildman–Crippen MR) is 78.1 cm³/mol. The van der Waals surface area contributed by atoms with Gasteiger partial charge in [0.1, 0.15) is 10.8 Å². The Hall–Kier alpha value is -1.29. The molecule has 0 saturated carbocycles. The summed E-state index contributed by atoms with van der Waals surface area (Å²) >= 11 is 12.1. The molecule has 1 aromatic heterocycles. The van der Waals surface area contributed by atoms with Gasteiger partial charge >= 0.3 is 0 Å². The molecule has 0 amide bonds. The molecule has 19 heavy (non-hydrogen) atoms. The maximum absolute atomic E-state index is 6.12. The Balaban J connectivity index is 2.36. The van der Waals surface area contributed by atoms with E-state index in [0.717, 1.165) is 22.4 Å². The van der Waals surface area contributed by atoms with Crippen molar-refractivity contribution in [2.45, 2.75) is 20.4 Å². The van der Waals surface area contributed by atoms with Crippen LogP contribution in [0.25, 0.3) is 0 Å². The van der Waals surface area contributed by atoms with Crippen LogP contribution < -0.4 is 10.5 Å². The van der Waals surface area contributed by atoms with Crippen LogP contribution >= 0.6 is 23.2 Å². The minimum absolute atomic E-state index is 0.368. The highest BCUT2D eigenvalue weighted by molar-refractivity contribution is 6.32. The van der Waals surface area contributed by atoms with Crippen molar-refractivity contribution in [3.05, 3.63) is 51.1 Å². The molecule has 0 saturated heterocycles. The van der Waals surface area contributed by atoms with Crippen LogP contribution in [0, 0.1) is 13.8 Å². The Bertz CT molecular complexity index is 591. The van der Waals surface area contributed by atoms with Gasteiger partial charge in [-0.1, -0.05) is 23.2 Å². The molecule has 0 radical (unpaired) electrons. The summed E-state index contributed by atoms with van der Waals surface area (Å²) in [6, 6.07) is 5.43. The molecular formula is C14H14Cl2N2O. The first-order chi connectivity index (χ1) is 9.01. The first-order valence-corrected chi connectivity index (χ1v) is 6.56. The number of aromatic nitrogens is 1. The van der Waals surface area contributed by atoms with E-state index in [2.05, 4.69) is 4.98 Å². The van der Waals surface area contributed by atoms with Crippen LogP contribution in [0.15, 0.2) is 24.4 Å². The van der Waals surface area contributed by atoms with Gasteiger partial charge in [0.05, 0.1) is 0 Å². The van der Waals surface area contributed by atoms with Gasteiger partial charge in [-0.05, 0) is 48.7 Å². The summed E-state index contributed by atoms with van der Waals surface area (Å²) in [5.41, 5.74) is 8.27. The highest BCUT2D eigenvalue weighted by Gasteiger charge is 2.11. The number of nitrogens with zero attached hydrogens (tertiary/aromatic N) is 1. The Morgan fingerprint density at radius 2 is 1.79 bits per heavy atom. The SMILES string of the molecule is Cc1cc(Cl)cc(C)c1Oc1ncc(CN)cc1Cl. The van der Waals surface area contributed by atoms with Crippen LogP contribution in [0.5, 0.6) is 11.6 Å². The summed E-state index contributed by atoms with van der Waals surface area (Å²) < 4.78 is 5.78. The third-order valence-electron chi connectivity index (χ3n) is 2.72. The van der Waals surface area contributed by atoms with E-state index < -0.39 is 0 Å². The van der Waals surface area contributed by atoms with Gasteiger partial charge in [0.25, 0.3) is 0 Å². The molecule has 0 aliphatic heterocycles. The quantitative estimate of drug-likeness (QED) is 0.921. The monoisotopic (exact) mass is 296 g/mol. The fourth-order valence-electron chi connectivity index (χ4n) is 1.81. The second-order valence-electron chi connectivity index (χ2n) is 4.31. The zero-order chi connectivity index (χ0) is 14.0. The Labute approximate surface area is 122 Å². The molecule has 0 unspecified atom stereocenters. The number of benzene rings is 1. The number of ether oxygens (including phenoxy) is 1. The molecule has 0 aliphatic carbocycles. The smallest absolute Gasteiger partial charge is 0.238 e. The van der Waals surface area contributed by atoms with Crippen LogP contribution in [0.1, 0.15) is 16.7 Å². The van der Waals surface area contributed by atoms with Gasteiger partial charge in [0, 0.05) is 17.8 Å². The second-order valence-corrected chi connectivity index (χ2v) is 5.15. The van der Waals surface area contributed by atoms with E-state index in [1.165, 1.54) is 0 Å². The molecule has 3 nitrogen and oxygen atoms in total. The first kappa shape index (κ1) is 14.1. The number of hydrogen-bond acceptors (Lipinski definition) is 3. The van der Waals surface area contributed by atoms with Gasteiger partial charge in [-0.2, -0.15) is 0 Å². The highest BCUT2D eigenvalue weighted by atomic mass is 35.5. The average Bonchev–Trinajstić information content (AvgIpc) is 2.35. The van der Waals surface area contributed by atoms with E-state index in [0.29, 0.717) is 22.5 Å². The van der Waals surface area contributed by atoms with E-state index in [1.807, 2.05) is 26.0 Å². The molecule has 0 spiro atoms. The van der Waals surface area contributed by atoms with Crippen LogP contribution in [-0.4, -0.2) is 4.98 Å². The van der Waals surface area contributed by atoms with Gasteiger partial charge in [-0.3, -0.25) is 0 Å². The number of aryl methyl sites for hydroxylation is 2. The predicted octanol–water partition coefficient (Wildman–Crippen LogP) is 4.26. The first-order valence-electron chi connectivity index (χ1n) is 5.80. The Kier molecular flexibility index (Phi) is 4.30. The summed E-state index contributed by atoms with van der Waals surface area (Å²) in [7, 11) is 0. The molecule has 0 atom stereocenters. The van der Waals surface area contributed by atoms with Crippen LogP contribution in [0.3, 0.4) is 0 Å². The maximum Gasteiger partial charge on any atom is 0.238 e. The largest absolute Gasteiger partial charge is 0.437 e. The van der Waals surface area contributed by atoms with Gasteiger partial charge < -0.3 is 10.5 Å². The third kappa shape index (κ3) is 3.18. The number of pyridine rings is 1. The Morgan fingerprint density at radius 3 is 2.32 bits per heavy atom. The van der Waals surface area contributed by atoms with Crippen molar-refractivity contribution in [1.82, 2.24) is 4.98 Å². The fraction of sp³-hybridized carbons (Fsp3) is 0.214. The summed E-state index contributed by atoms with van der Waals surface area (Å²) in [5, 5.41) is 1.12. The third-order valence-corrected chi connectivity index (χ3v) is 3.21. The average molecular weight is 297 g/mol. The summed E-state index contributed by atoms with van der Waals surface area (Å²) in [4.78, 5) is 4.18.